The molecule has 0 saturated heterocycles. The number of fused-ring (bicyclic) bond motifs is 1. The zero-order chi connectivity index (χ0) is 22.3. The number of nitrogens with one attached hydrogen (secondary N) is 1. The van der Waals surface area contributed by atoms with Crippen molar-refractivity contribution in [3.8, 4) is 0 Å². The summed E-state index contributed by atoms with van der Waals surface area (Å²) in [6.07, 6.45) is 3.15. The Morgan fingerprint density at radius 1 is 1.03 bits per heavy atom. The second kappa shape index (κ2) is 10.3. The zero-order valence-electron chi connectivity index (χ0n) is 18.4. The predicted molar refractivity (Wildman–Crippen MR) is 124 cm³/mol. The van der Waals surface area contributed by atoms with Crippen LogP contribution < -0.4 is 10.2 Å². The quantitative estimate of drug-likeness (QED) is 0.564. The van der Waals surface area contributed by atoms with E-state index in [-0.39, 0.29) is 11.8 Å². The highest BCUT2D eigenvalue weighted by Crippen LogP contribution is 2.32. The fraction of sp³-hybridized carbons (Fsp3) is 0.308. The van der Waals surface area contributed by atoms with Crippen LogP contribution in [0.25, 0.3) is 0 Å². The van der Waals surface area contributed by atoms with Crippen molar-refractivity contribution in [1.82, 2.24) is 10.2 Å². The Kier molecular flexibility index (Phi) is 7.02. The maximum absolute atomic E-state index is 13.0. The van der Waals surface area contributed by atoms with E-state index >= 15 is 0 Å². The summed E-state index contributed by atoms with van der Waals surface area (Å²) >= 11 is 0. The van der Waals surface area contributed by atoms with Crippen molar-refractivity contribution in [2.75, 3.05) is 24.5 Å². The van der Waals surface area contributed by atoms with Gasteiger partial charge in [0, 0.05) is 38.7 Å². The molecule has 2 heterocycles. The van der Waals surface area contributed by atoms with Crippen molar-refractivity contribution >= 4 is 17.5 Å². The molecule has 1 atom stereocenters. The molecule has 6 heteroatoms. The molecule has 32 heavy (non-hydrogen) atoms. The molecule has 1 aliphatic heterocycles. The van der Waals surface area contributed by atoms with E-state index in [1.54, 1.807) is 11.2 Å². The number of carbonyl (C=O) groups excluding carboxylic acids is 2. The van der Waals surface area contributed by atoms with Crippen LogP contribution >= 0.6 is 0 Å². The fourth-order valence-corrected chi connectivity index (χ4v) is 4.26. The summed E-state index contributed by atoms with van der Waals surface area (Å²) in [5, 5.41) is 3.05. The molecule has 0 saturated carbocycles. The number of anilines is 1. The maximum Gasteiger partial charge on any atom is 0.243 e. The molecule has 0 spiro atoms. The smallest absolute Gasteiger partial charge is 0.243 e. The molecule has 166 valence electrons. The van der Waals surface area contributed by atoms with Crippen LogP contribution in [0.5, 0.6) is 0 Å². The van der Waals surface area contributed by atoms with Crippen molar-refractivity contribution in [3.63, 3.8) is 0 Å². The number of rotatable bonds is 9. The number of furan rings is 1. The lowest BCUT2D eigenvalue weighted by Crippen LogP contribution is -2.48. The summed E-state index contributed by atoms with van der Waals surface area (Å²) in [7, 11) is 0. The normalized spacial score (nSPS) is 15.1. The van der Waals surface area contributed by atoms with E-state index in [0.717, 1.165) is 30.0 Å². The van der Waals surface area contributed by atoms with Gasteiger partial charge in [0.1, 0.15) is 11.8 Å². The van der Waals surface area contributed by atoms with Gasteiger partial charge in [0.25, 0.3) is 0 Å². The van der Waals surface area contributed by atoms with E-state index < -0.39 is 6.04 Å². The molecule has 6 nitrogen and oxygen atoms in total. The van der Waals surface area contributed by atoms with E-state index in [1.807, 2.05) is 54.6 Å². The number of amides is 2. The highest BCUT2D eigenvalue weighted by Gasteiger charge is 2.36. The monoisotopic (exact) mass is 431 g/mol. The molecule has 0 fully saturated rings. The van der Waals surface area contributed by atoms with Crippen LogP contribution in [0, 0.1) is 0 Å². The van der Waals surface area contributed by atoms with Gasteiger partial charge in [0.15, 0.2) is 0 Å². The van der Waals surface area contributed by atoms with Crippen LogP contribution in [0.15, 0.2) is 77.4 Å². The van der Waals surface area contributed by atoms with Crippen LogP contribution in [-0.2, 0) is 29.0 Å². The number of carbonyl (C=O) groups is 2. The Bertz CT molecular complexity index is 1030. The number of nitrogens with zero attached hydrogens (tertiary/aromatic N) is 2. The zero-order valence-corrected chi connectivity index (χ0v) is 18.4. The maximum atomic E-state index is 13.0. The number of para-hydroxylation sites is 1. The van der Waals surface area contributed by atoms with Crippen LogP contribution in [0.1, 0.15) is 23.8 Å². The first-order valence-corrected chi connectivity index (χ1v) is 11.1. The molecule has 0 bridgehead atoms. The largest absolute Gasteiger partial charge is 0.468 e. The summed E-state index contributed by atoms with van der Waals surface area (Å²) in [4.78, 5) is 29.1. The van der Waals surface area contributed by atoms with Crippen LogP contribution in [0.2, 0.25) is 0 Å². The summed E-state index contributed by atoms with van der Waals surface area (Å²) < 4.78 is 5.53. The van der Waals surface area contributed by atoms with Gasteiger partial charge in [-0.25, -0.2) is 0 Å². The summed E-state index contributed by atoms with van der Waals surface area (Å²) in [5.74, 6) is 0.674. The minimum absolute atomic E-state index is 0.114. The number of benzene rings is 2. The van der Waals surface area contributed by atoms with Gasteiger partial charge in [0.2, 0.25) is 11.8 Å². The third-order valence-electron chi connectivity index (χ3n) is 5.86. The summed E-state index contributed by atoms with van der Waals surface area (Å²) in [6, 6.07) is 21.5. The molecule has 2 aromatic carbocycles. The minimum atomic E-state index is -0.493. The standard InChI is InChI=1S/C26H29N3O3/c1-20(30)29-24-12-6-5-10-22(24)18-25(29)26(31)27-14-16-28(19-23-11-7-17-32-23)15-13-21-8-3-2-4-9-21/h2-12,17,25H,13-16,18-19H2,1H3,(H,27,31). The topological polar surface area (TPSA) is 65.8 Å². The SMILES string of the molecule is CC(=O)N1c2ccccc2CC1C(=O)NCCN(CCc1ccccc1)Cc1ccco1. The average molecular weight is 432 g/mol. The first-order valence-electron chi connectivity index (χ1n) is 11.1. The molecule has 1 aliphatic rings. The lowest BCUT2D eigenvalue weighted by molar-refractivity contribution is -0.125. The first-order chi connectivity index (χ1) is 15.6. The van der Waals surface area contributed by atoms with E-state index in [0.29, 0.717) is 26.1 Å². The van der Waals surface area contributed by atoms with Gasteiger partial charge < -0.3 is 9.73 Å². The van der Waals surface area contributed by atoms with E-state index in [9.17, 15) is 9.59 Å². The lowest BCUT2D eigenvalue weighted by Gasteiger charge is -2.25. The van der Waals surface area contributed by atoms with Crippen molar-refractivity contribution in [1.29, 1.82) is 0 Å². The van der Waals surface area contributed by atoms with Gasteiger partial charge in [-0.2, -0.15) is 0 Å². The number of hydrogen-bond donors (Lipinski definition) is 1. The van der Waals surface area contributed by atoms with Crippen molar-refractivity contribution < 1.29 is 14.0 Å². The molecular weight excluding hydrogens is 402 g/mol. The first kappa shape index (κ1) is 21.8. The third-order valence-corrected chi connectivity index (χ3v) is 5.86. The van der Waals surface area contributed by atoms with Crippen molar-refractivity contribution in [2.45, 2.75) is 32.4 Å². The predicted octanol–water partition coefficient (Wildman–Crippen LogP) is 3.42. The van der Waals surface area contributed by atoms with E-state index in [2.05, 4.69) is 22.3 Å². The van der Waals surface area contributed by atoms with Crippen LogP contribution in [-0.4, -0.2) is 42.4 Å². The van der Waals surface area contributed by atoms with Crippen molar-refractivity contribution in [2.24, 2.45) is 0 Å². The lowest BCUT2D eigenvalue weighted by atomic mass is 10.1. The Labute approximate surface area is 188 Å². The van der Waals surface area contributed by atoms with Gasteiger partial charge in [0.05, 0.1) is 12.8 Å². The molecule has 2 amide bonds. The van der Waals surface area contributed by atoms with Crippen LogP contribution in [0.4, 0.5) is 5.69 Å². The molecule has 3 aromatic rings. The van der Waals surface area contributed by atoms with Gasteiger partial charge in [-0.1, -0.05) is 48.5 Å². The fourth-order valence-electron chi connectivity index (χ4n) is 4.26. The van der Waals surface area contributed by atoms with Gasteiger partial charge >= 0.3 is 0 Å². The highest BCUT2D eigenvalue weighted by molar-refractivity contribution is 6.02. The molecule has 0 radical (unpaired) electrons. The molecule has 1 unspecified atom stereocenters. The van der Waals surface area contributed by atoms with Gasteiger partial charge in [-0.15, -0.1) is 0 Å². The van der Waals surface area contributed by atoms with Crippen molar-refractivity contribution in [3.05, 3.63) is 89.9 Å². The minimum Gasteiger partial charge on any atom is -0.468 e. The number of hydrogen-bond acceptors (Lipinski definition) is 4. The van der Waals surface area contributed by atoms with E-state index in [1.165, 1.54) is 12.5 Å². The second-order valence-electron chi connectivity index (χ2n) is 8.12. The molecule has 1 aromatic heterocycles. The Morgan fingerprint density at radius 3 is 2.56 bits per heavy atom. The Morgan fingerprint density at radius 2 is 1.81 bits per heavy atom. The van der Waals surface area contributed by atoms with Gasteiger partial charge in [-0.3, -0.25) is 19.4 Å². The third kappa shape index (κ3) is 5.26. The average Bonchev–Trinajstić information content (AvgIpc) is 3.45. The molecule has 1 N–H and O–H groups in total. The Hall–Kier alpha value is -3.38. The second-order valence-corrected chi connectivity index (χ2v) is 8.12. The molecule has 0 aliphatic carbocycles. The molecular formula is C26H29N3O3. The molecule has 4 rings (SSSR count). The highest BCUT2D eigenvalue weighted by atomic mass is 16.3. The van der Waals surface area contributed by atoms with E-state index in [4.69, 9.17) is 4.42 Å². The Balaban J connectivity index is 1.34. The summed E-state index contributed by atoms with van der Waals surface area (Å²) in [6.45, 7) is 4.25. The summed E-state index contributed by atoms with van der Waals surface area (Å²) in [5.41, 5.74) is 3.15. The van der Waals surface area contributed by atoms with Crippen LogP contribution in [0.3, 0.4) is 0 Å². The van der Waals surface area contributed by atoms with Gasteiger partial charge in [-0.05, 0) is 35.7 Å².